The van der Waals surface area contributed by atoms with Crippen molar-refractivity contribution in [2.75, 3.05) is 13.7 Å². The summed E-state index contributed by atoms with van der Waals surface area (Å²) in [5.74, 6) is -0.0444. The van der Waals surface area contributed by atoms with Gasteiger partial charge in [-0.05, 0) is 39.5 Å². The number of piperidine rings is 1. The predicted molar refractivity (Wildman–Crippen MR) is 80.9 cm³/mol. The third-order valence-corrected chi connectivity index (χ3v) is 3.47. The first kappa shape index (κ1) is 17.5. The van der Waals surface area contributed by atoms with Gasteiger partial charge in [-0.25, -0.2) is 9.59 Å². The second-order valence-electron chi connectivity index (χ2n) is 6.76. The van der Waals surface area contributed by atoms with Gasteiger partial charge >= 0.3 is 12.1 Å². The van der Waals surface area contributed by atoms with Gasteiger partial charge in [0.2, 0.25) is 0 Å². The van der Waals surface area contributed by atoms with E-state index in [-0.39, 0.29) is 18.1 Å². The zero-order valence-corrected chi connectivity index (χ0v) is 13.9. The van der Waals surface area contributed by atoms with Crippen molar-refractivity contribution < 1.29 is 19.1 Å². The Morgan fingerprint density at radius 1 is 1.33 bits per heavy atom. The Bertz CT molecular complexity index is 420. The summed E-state index contributed by atoms with van der Waals surface area (Å²) in [6.45, 7) is 10.3. The Hall–Kier alpha value is -1.52. The van der Waals surface area contributed by atoms with Crippen LogP contribution in [0.5, 0.6) is 0 Å². The lowest BCUT2D eigenvalue weighted by atomic mass is 9.89. The number of esters is 1. The molecule has 0 aromatic rings. The van der Waals surface area contributed by atoms with E-state index in [1.165, 1.54) is 7.11 Å². The summed E-state index contributed by atoms with van der Waals surface area (Å²) in [6, 6.07) is 0.0458. The number of hydrogen-bond acceptors (Lipinski definition) is 4. The Balaban J connectivity index is 2.82. The summed E-state index contributed by atoms with van der Waals surface area (Å²) >= 11 is 0. The monoisotopic (exact) mass is 297 g/mol. The molecular weight excluding hydrogens is 270 g/mol. The largest absolute Gasteiger partial charge is 0.466 e. The first-order valence-corrected chi connectivity index (χ1v) is 7.41. The van der Waals surface area contributed by atoms with E-state index >= 15 is 0 Å². The Morgan fingerprint density at radius 3 is 2.43 bits per heavy atom. The molecule has 1 unspecified atom stereocenters. The molecule has 0 radical (unpaired) electrons. The van der Waals surface area contributed by atoms with Crippen molar-refractivity contribution in [1.29, 1.82) is 0 Å². The van der Waals surface area contributed by atoms with Crippen molar-refractivity contribution >= 4 is 12.1 Å². The molecule has 0 spiro atoms. The Labute approximate surface area is 127 Å². The number of likely N-dealkylation sites (tertiary alicyclic amines) is 1. The van der Waals surface area contributed by atoms with Crippen molar-refractivity contribution in [3.8, 4) is 0 Å². The van der Waals surface area contributed by atoms with Crippen molar-refractivity contribution in [1.82, 2.24) is 4.90 Å². The molecule has 1 fully saturated rings. The van der Waals surface area contributed by atoms with Crippen molar-refractivity contribution in [2.24, 2.45) is 5.92 Å². The summed E-state index contributed by atoms with van der Waals surface area (Å²) in [6.07, 6.45) is 2.63. The highest BCUT2D eigenvalue weighted by Crippen LogP contribution is 2.28. The maximum absolute atomic E-state index is 12.3. The summed E-state index contributed by atoms with van der Waals surface area (Å²) < 4.78 is 10.1. The highest BCUT2D eigenvalue weighted by molar-refractivity contribution is 5.82. The number of carbonyl (C=O) groups is 2. The van der Waals surface area contributed by atoms with E-state index in [1.54, 1.807) is 11.0 Å². The van der Waals surface area contributed by atoms with Gasteiger partial charge in [-0.1, -0.05) is 19.4 Å². The van der Waals surface area contributed by atoms with Gasteiger partial charge in [-0.2, -0.15) is 0 Å². The molecule has 0 aliphatic carbocycles. The molecule has 120 valence electrons. The van der Waals surface area contributed by atoms with Gasteiger partial charge in [0.25, 0.3) is 0 Å². The van der Waals surface area contributed by atoms with Crippen LogP contribution in [0.1, 0.15) is 47.5 Å². The molecule has 1 rings (SSSR count). The van der Waals surface area contributed by atoms with Gasteiger partial charge in [0.15, 0.2) is 0 Å². The van der Waals surface area contributed by atoms with Gasteiger partial charge in [-0.3, -0.25) is 0 Å². The smallest absolute Gasteiger partial charge is 0.410 e. The summed E-state index contributed by atoms with van der Waals surface area (Å²) in [4.78, 5) is 25.4. The van der Waals surface area contributed by atoms with E-state index in [0.29, 0.717) is 25.3 Å². The minimum Gasteiger partial charge on any atom is -0.466 e. The standard InChI is InChI=1S/C16H27NO4/c1-11(2)13-9-12(10-14(18)20-6)7-8-17(13)15(19)21-16(3,4)5/h10-11,13H,7-9H2,1-6H3/b12-10-. The van der Waals surface area contributed by atoms with E-state index in [4.69, 9.17) is 4.74 Å². The fourth-order valence-corrected chi connectivity index (χ4v) is 2.41. The zero-order chi connectivity index (χ0) is 16.2. The third kappa shape index (κ3) is 5.40. The maximum atomic E-state index is 12.3. The molecule has 0 aromatic carbocycles. The predicted octanol–water partition coefficient (Wildman–Crippen LogP) is 3.14. The minimum absolute atomic E-state index is 0.0458. The molecule has 5 heteroatoms. The fraction of sp³-hybridized carbons (Fsp3) is 0.750. The van der Waals surface area contributed by atoms with Gasteiger partial charge in [0.05, 0.1) is 7.11 Å². The molecule has 1 aliphatic rings. The Morgan fingerprint density at radius 2 is 1.95 bits per heavy atom. The highest BCUT2D eigenvalue weighted by Gasteiger charge is 2.33. The average Bonchev–Trinajstić information content (AvgIpc) is 2.36. The third-order valence-electron chi connectivity index (χ3n) is 3.47. The first-order chi connectivity index (χ1) is 9.64. The molecule has 1 atom stereocenters. The lowest BCUT2D eigenvalue weighted by Crippen LogP contribution is -2.48. The molecule has 0 bridgehead atoms. The van der Waals surface area contributed by atoms with E-state index < -0.39 is 5.60 Å². The van der Waals surface area contributed by atoms with Crippen LogP contribution in [0.3, 0.4) is 0 Å². The van der Waals surface area contributed by atoms with Gasteiger partial charge in [-0.15, -0.1) is 0 Å². The lowest BCUT2D eigenvalue weighted by molar-refractivity contribution is -0.134. The SMILES string of the molecule is COC(=O)/C=C1/CCN(C(=O)OC(C)(C)C)C(C(C)C)C1. The van der Waals surface area contributed by atoms with Gasteiger partial charge < -0.3 is 14.4 Å². The molecule has 5 nitrogen and oxygen atoms in total. The van der Waals surface area contributed by atoms with Gasteiger partial charge in [0.1, 0.15) is 5.60 Å². The molecule has 1 heterocycles. The maximum Gasteiger partial charge on any atom is 0.410 e. The van der Waals surface area contributed by atoms with Crippen molar-refractivity contribution in [2.45, 2.75) is 59.1 Å². The van der Waals surface area contributed by atoms with Gasteiger partial charge in [0, 0.05) is 18.7 Å². The summed E-state index contributed by atoms with van der Waals surface area (Å²) in [7, 11) is 1.37. The number of hydrogen-bond donors (Lipinski definition) is 0. The molecule has 0 aromatic heterocycles. The Kier molecular flexibility index (Phi) is 5.81. The highest BCUT2D eigenvalue weighted by atomic mass is 16.6. The van der Waals surface area contributed by atoms with E-state index in [2.05, 4.69) is 18.6 Å². The minimum atomic E-state index is -0.499. The number of carbonyl (C=O) groups excluding carboxylic acids is 2. The molecule has 1 aliphatic heterocycles. The molecule has 0 saturated carbocycles. The quantitative estimate of drug-likeness (QED) is 0.580. The van der Waals surface area contributed by atoms with Crippen molar-refractivity contribution in [3.05, 3.63) is 11.6 Å². The topological polar surface area (TPSA) is 55.8 Å². The van der Waals surface area contributed by atoms with Crippen LogP contribution in [0.15, 0.2) is 11.6 Å². The first-order valence-electron chi connectivity index (χ1n) is 7.41. The van der Waals surface area contributed by atoms with Crippen LogP contribution in [0, 0.1) is 5.92 Å². The van der Waals surface area contributed by atoms with Crippen LogP contribution in [-0.4, -0.2) is 42.3 Å². The number of nitrogens with zero attached hydrogens (tertiary/aromatic N) is 1. The summed E-state index contributed by atoms with van der Waals surface area (Å²) in [5, 5.41) is 0. The van der Waals surface area contributed by atoms with Crippen LogP contribution >= 0.6 is 0 Å². The molecular formula is C16H27NO4. The molecule has 1 saturated heterocycles. The van der Waals surface area contributed by atoms with Crippen LogP contribution in [0.25, 0.3) is 0 Å². The zero-order valence-electron chi connectivity index (χ0n) is 13.9. The molecule has 1 amide bonds. The number of amides is 1. The summed E-state index contributed by atoms with van der Waals surface area (Å²) in [5.41, 5.74) is 0.529. The van der Waals surface area contributed by atoms with E-state index in [0.717, 1.165) is 5.57 Å². The van der Waals surface area contributed by atoms with Crippen LogP contribution in [-0.2, 0) is 14.3 Å². The average molecular weight is 297 g/mol. The molecule has 21 heavy (non-hydrogen) atoms. The van der Waals surface area contributed by atoms with E-state index in [9.17, 15) is 9.59 Å². The van der Waals surface area contributed by atoms with Crippen LogP contribution in [0.4, 0.5) is 4.79 Å². The van der Waals surface area contributed by atoms with Crippen molar-refractivity contribution in [3.63, 3.8) is 0 Å². The number of ether oxygens (including phenoxy) is 2. The number of rotatable bonds is 2. The van der Waals surface area contributed by atoms with Crippen LogP contribution in [0.2, 0.25) is 0 Å². The lowest BCUT2D eigenvalue weighted by Gasteiger charge is -2.39. The number of methoxy groups -OCH3 is 1. The normalized spacial score (nSPS) is 21.6. The van der Waals surface area contributed by atoms with Crippen LogP contribution < -0.4 is 0 Å². The molecule has 0 N–H and O–H groups in total. The second kappa shape index (κ2) is 6.96. The fourth-order valence-electron chi connectivity index (χ4n) is 2.41. The second-order valence-corrected chi connectivity index (χ2v) is 6.76. The van der Waals surface area contributed by atoms with E-state index in [1.807, 2.05) is 20.8 Å².